The Labute approximate surface area is 211 Å². The second-order valence-corrected chi connectivity index (χ2v) is 13.0. The standard InChI is InChI=1S/C29H38O5Si/c1-21-24(32-20-30)19-25(33-26-17-11-12-18-31-26)27(21)28(29(2,3)4)34-35(22-13-7-5-8-14-22)23-15-9-6-10-16-23/h5-10,13-16,20,24-28,35H,1,11-12,17-19H2,2-4H3/t24-,25+,26?,27-,28?/m1/s1. The highest BCUT2D eigenvalue weighted by atomic mass is 28.3. The van der Waals surface area contributed by atoms with Crippen molar-refractivity contribution >= 4 is 25.9 Å². The number of carbonyl (C=O) groups is 1. The maximum Gasteiger partial charge on any atom is 0.293 e. The molecule has 2 fully saturated rings. The third-order valence-corrected chi connectivity index (χ3v) is 9.59. The van der Waals surface area contributed by atoms with Gasteiger partial charge in [-0.15, -0.1) is 0 Å². The molecule has 1 saturated carbocycles. The molecule has 0 N–H and O–H groups in total. The lowest BCUT2D eigenvalue weighted by Gasteiger charge is -2.41. The summed E-state index contributed by atoms with van der Waals surface area (Å²) in [6.07, 6.45) is 2.61. The molecule has 0 amide bonds. The monoisotopic (exact) mass is 494 g/mol. The van der Waals surface area contributed by atoms with Gasteiger partial charge in [0.1, 0.15) is 6.10 Å². The van der Waals surface area contributed by atoms with E-state index < -0.39 is 9.04 Å². The maximum absolute atomic E-state index is 11.3. The third-order valence-electron chi connectivity index (χ3n) is 7.04. The Morgan fingerprint density at radius 1 is 1.03 bits per heavy atom. The van der Waals surface area contributed by atoms with Gasteiger partial charge in [0.25, 0.3) is 6.47 Å². The molecule has 0 bridgehead atoms. The fourth-order valence-electron chi connectivity index (χ4n) is 5.29. The summed E-state index contributed by atoms with van der Waals surface area (Å²) in [5, 5.41) is 2.45. The Morgan fingerprint density at radius 3 is 2.17 bits per heavy atom. The molecule has 35 heavy (non-hydrogen) atoms. The number of benzene rings is 2. The van der Waals surface area contributed by atoms with Gasteiger partial charge in [-0.25, -0.2) is 0 Å². The number of hydrogen-bond acceptors (Lipinski definition) is 5. The normalized spacial score (nSPS) is 26.0. The number of rotatable bonds is 9. The molecule has 2 aromatic carbocycles. The molecule has 1 aliphatic heterocycles. The van der Waals surface area contributed by atoms with Crippen molar-refractivity contribution in [2.45, 2.75) is 71.1 Å². The van der Waals surface area contributed by atoms with Gasteiger partial charge < -0.3 is 18.6 Å². The first kappa shape index (κ1) is 25.8. The zero-order valence-electron chi connectivity index (χ0n) is 21.1. The molecule has 2 aliphatic rings. The van der Waals surface area contributed by atoms with Gasteiger partial charge in [-0.05, 0) is 40.6 Å². The first-order chi connectivity index (χ1) is 16.9. The number of carbonyl (C=O) groups excluding carboxylic acids is 1. The van der Waals surface area contributed by atoms with Crippen molar-refractivity contribution in [3.05, 3.63) is 72.8 Å². The number of hydrogen-bond donors (Lipinski definition) is 0. The van der Waals surface area contributed by atoms with Crippen LogP contribution in [0.2, 0.25) is 0 Å². The van der Waals surface area contributed by atoms with E-state index in [9.17, 15) is 4.79 Å². The molecule has 5 nitrogen and oxygen atoms in total. The molecule has 188 valence electrons. The van der Waals surface area contributed by atoms with E-state index in [1.165, 1.54) is 10.4 Å². The van der Waals surface area contributed by atoms with Crippen LogP contribution < -0.4 is 10.4 Å². The van der Waals surface area contributed by atoms with Crippen LogP contribution in [0.1, 0.15) is 46.5 Å². The predicted molar refractivity (Wildman–Crippen MR) is 140 cm³/mol. The highest BCUT2D eigenvalue weighted by molar-refractivity contribution is 6.80. The van der Waals surface area contributed by atoms with Crippen molar-refractivity contribution in [3.63, 3.8) is 0 Å². The van der Waals surface area contributed by atoms with Crippen LogP contribution in [0.15, 0.2) is 72.8 Å². The SMILES string of the molecule is C=C1[C@H](OC=O)C[C@H](OC2CCCCO2)[C@@H]1C(O[SiH](c1ccccc1)c1ccccc1)C(C)(C)C. The molecule has 2 aromatic rings. The van der Waals surface area contributed by atoms with Crippen LogP contribution in [-0.4, -0.2) is 46.7 Å². The summed E-state index contributed by atoms with van der Waals surface area (Å²) in [6, 6.07) is 21.0. The fourth-order valence-corrected chi connectivity index (χ4v) is 8.01. The van der Waals surface area contributed by atoms with Crippen molar-refractivity contribution in [1.29, 1.82) is 0 Å². The van der Waals surface area contributed by atoms with Crippen LogP contribution in [0, 0.1) is 11.3 Å². The predicted octanol–water partition coefficient (Wildman–Crippen LogP) is 3.99. The van der Waals surface area contributed by atoms with Crippen molar-refractivity contribution in [2.75, 3.05) is 6.61 Å². The van der Waals surface area contributed by atoms with Crippen molar-refractivity contribution in [1.82, 2.24) is 0 Å². The van der Waals surface area contributed by atoms with Crippen LogP contribution in [0.4, 0.5) is 0 Å². The minimum atomic E-state index is -2.04. The number of ether oxygens (including phenoxy) is 3. The highest BCUT2D eigenvalue weighted by Gasteiger charge is 2.49. The van der Waals surface area contributed by atoms with Gasteiger partial charge in [-0.1, -0.05) is 88.0 Å². The first-order valence-electron chi connectivity index (χ1n) is 12.7. The molecular formula is C29H38O5Si. The topological polar surface area (TPSA) is 54.0 Å². The molecule has 2 unspecified atom stereocenters. The van der Waals surface area contributed by atoms with Gasteiger partial charge >= 0.3 is 0 Å². The van der Waals surface area contributed by atoms with Crippen LogP contribution in [0.3, 0.4) is 0 Å². The van der Waals surface area contributed by atoms with E-state index in [2.05, 4.69) is 75.9 Å². The lowest BCUT2D eigenvalue weighted by Crippen LogP contribution is -2.53. The largest absolute Gasteiger partial charge is 0.460 e. The summed E-state index contributed by atoms with van der Waals surface area (Å²) in [7, 11) is -2.04. The van der Waals surface area contributed by atoms with Gasteiger partial charge in [-0.2, -0.15) is 0 Å². The Balaban J connectivity index is 1.68. The molecule has 5 atom stereocenters. The minimum Gasteiger partial charge on any atom is -0.460 e. The van der Waals surface area contributed by atoms with Crippen LogP contribution in [0.5, 0.6) is 0 Å². The molecule has 4 rings (SSSR count). The quantitative estimate of drug-likeness (QED) is 0.300. The first-order valence-corrected chi connectivity index (χ1v) is 14.3. The van der Waals surface area contributed by atoms with Gasteiger partial charge in [0, 0.05) is 18.9 Å². The van der Waals surface area contributed by atoms with E-state index in [0.717, 1.165) is 24.8 Å². The summed E-state index contributed by atoms with van der Waals surface area (Å²) in [6.45, 7) is 12.2. The van der Waals surface area contributed by atoms with E-state index in [-0.39, 0.29) is 35.9 Å². The van der Waals surface area contributed by atoms with E-state index in [4.69, 9.17) is 18.6 Å². The Kier molecular flexibility index (Phi) is 8.60. The molecule has 1 heterocycles. The average Bonchev–Trinajstić information content (AvgIpc) is 3.15. The minimum absolute atomic E-state index is 0.118. The second kappa shape index (κ2) is 11.7. The second-order valence-electron chi connectivity index (χ2n) is 10.7. The lowest BCUT2D eigenvalue weighted by molar-refractivity contribution is -0.201. The van der Waals surface area contributed by atoms with Gasteiger partial charge in [0.05, 0.1) is 12.2 Å². The zero-order chi connectivity index (χ0) is 24.8. The Bertz CT molecular complexity index is 913. The maximum atomic E-state index is 11.3. The van der Waals surface area contributed by atoms with Crippen LogP contribution in [0.25, 0.3) is 0 Å². The molecule has 0 aromatic heterocycles. The lowest BCUT2D eigenvalue weighted by atomic mass is 9.78. The summed E-state index contributed by atoms with van der Waals surface area (Å²) < 4.78 is 25.1. The average molecular weight is 495 g/mol. The summed E-state index contributed by atoms with van der Waals surface area (Å²) in [5.74, 6) is -0.118. The van der Waals surface area contributed by atoms with E-state index in [1.807, 2.05) is 12.1 Å². The zero-order valence-corrected chi connectivity index (χ0v) is 22.3. The van der Waals surface area contributed by atoms with Crippen LogP contribution in [-0.2, 0) is 23.4 Å². The highest BCUT2D eigenvalue weighted by Crippen LogP contribution is 2.44. The van der Waals surface area contributed by atoms with Gasteiger partial charge in [-0.3, -0.25) is 4.79 Å². The molecular weight excluding hydrogens is 456 g/mol. The van der Waals surface area contributed by atoms with E-state index >= 15 is 0 Å². The molecule has 6 heteroatoms. The van der Waals surface area contributed by atoms with Crippen molar-refractivity contribution < 1.29 is 23.4 Å². The fraction of sp³-hybridized carbons (Fsp3) is 0.483. The molecule has 1 aliphatic carbocycles. The summed E-state index contributed by atoms with van der Waals surface area (Å²) in [5.41, 5.74) is 0.666. The van der Waals surface area contributed by atoms with Gasteiger partial charge in [0.2, 0.25) is 9.04 Å². The molecule has 0 spiro atoms. The van der Waals surface area contributed by atoms with Crippen molar-refractivity contribution in [3.8, 4) is 0 Å². The molecule has 1 saturated heterocycles. The third kappa shape index (κ3) is 6.31. The van der Waals surface area contributed by atoms with E-state index in [0.29, 0.717) is 19.5 Å². The summed E-state index contributed by atoms with van der Waals surface area (Å²) in [4.78, 5) is 11.3. The van der Waals surface area contributed by atoms with Crippen LogP contribution >= 0.6 is 0 Å². The van der Waals surface area contributed by atoms with Gasteiger partial charge in [0.15, 0.2) is 6.29 Å². The summed E-state index contributed by atoms with van der Waals surface area (Å²) >= 11 is 0. The Morgan fingerprint density at radius 2 is 1.66 bits per heavy atom. The van der Waals surface area contributed by atoms with Crippen molar-refractivity contribution in [2.24, 2.45) is 11.3 Å². The smallest absolute Gasteiger partial charge is 0.293 e. The Hall–Kier alpha value is -2.25. The molecule has 0 radical (unpaired) electrons. The van der Waals surface area contributed by atoms with E-state index in [1.54, 1.807) is 0 Å².